The lowest BCUT2D eigenvalue weighted by atomic mass is 10.0. The molecule has 0 radical (unpaired) electrons. The highest BCUT2D eigenvalue weighted by molar-refractivity contribution is 7.64. The summed E-state index contributed by atoms with van der Waals surface area (Å²) >= 11 is 5.72. The predicted octanol–water partition coefficient (Wildman–Crippen LogP) is 8.49. The van der Waals surface area contributed by atoms with Gasteiger partial charge in [0.1, 0.15) is 24.3 Å². The second-order valence-corrected chi connectivity index (χ2v) is 11.6. The van der Waals surface area contributed by atoms with Crippen LogP contribution in [0.4, 0.5) is 0 Å². The molecule has 0 heterocycles. The van der Waals surface area contributed by atoms with Gasteiger partial charge in [0.2, 0.25) is 0 Å². The molecule has 1 unspecified atom stereocenters. The summed E-state index contributed by atoms with van der Waals surface area (Å²) in [6.45, 7) is 9.37. The number of allylic oxidation sites excluding steroid dienone is 1. The number of hydrogen-bond acceptors (Lipinski definition) is 2. The Morgan fingerprint density at radius 2 is 1.65 bits per heavy atom. The summed E-state index contributed by atoms with van der Waals surface area (Å²) in [5.41, 5.74) is 3.81. The Morgan fingerprint density at radius 3 is 2.29 bits per heavy atom. The van der Waals surface area contributed by atoms with Gasteiger partial charge in [-0.25, -0.2) is 0 Å². The fourth-order valence-electron chi connectivity index (χ4n) is 3.96. The summed E-state index contributed by atoms with van der Waals surface area (Å²) in [6.07, 6.45) is 13.4. The van der Waals surface area contributed by atoms with Crippen LogP contribution >= 0.6 is 19.1 Å². The average Bonchev–Trinajstić information content (AvgIpc) is 2.85. The molecule has 2 atom stereocenters. The minimum absolute atomic E-state index is 0.237. The van der Waals surface area contributed by atoms with Gasteiger partial charge in [-0.1, -0.05) is 48.9 Å². The van der Waals surface area contributed by atoms with Crippen molar-refractivity contribution in [3.8, 4) is 5.75 Å². The first-order valence-corrected chi connectivity index (χ1v) is 14.7. The molecule has 2 nitrogen and oxygen atoms in total. The van der Waals surface area contributed by atoms with E-state index in [1.165, 1.54) is 16.4 Å². The van der Waals surface area contributed by atoms with E-state index in [9.17, 15) is 4.79 Å². The number of aryl methyl sites for hydroxylation is 1. The number of alkyl halides is 1. The van der Waals surface area contributed by atoms with Crippen LogP contribution < -0.4 is 10.0 Å². The van der Waals surface area contributed by atoms with Crippen molar-refractivity contribution in [1.82, 2.24) is 0 Å². The maximum atomic E-state index is 12.4. The number of carbonyl (C=O) groups is 1. The maximum Gasteiger partial charge on any atom is 0.162 e. The van der Waals surface area contributed by atoms with Gasteiger partial charge in [0.05, 0.1) is 12.9 Å². The number of ketones is 1. The van der Waals surface area contributed by atoms with Gasteiger partial charge in [-0.15, -0.1) is 11.6 Å². The molecule has 0 aliphatic rings. The van der Waals surface area contributed by atoms with Crippen molar-refractivity contribution >= 4 is 36.5 Å². The van der Waals surface area contributed by atoms with Crippen LogP contribution in [0.15, 0.2) is 60.7 Å². The molecule has 0 amide bonds. The number of rotatable bonds is 17. The number of Topliss-reactive ketones (excluding diaryl/α,β-unsaturated/α-hetero) is 1. The standard InChI is InChI=1S/C30H41ClO2P/c1-5-28(34(4)29-19-17-27(18-20-29)33-22-10-6-9-21-31)23-25(3)11-7-8-12-30(32)26-15-13-24(2)14-16-26/h13-20,28H,3-12,21-23H2,1-2H3/q+1/t28-/m0/s1. The van der Waals surface area contributed by atoms with Crippen LogP contribution in [0.1, 0.15) is 80.6 Å². The van der Waals surface area contributed by atoms with E-state index in [4.69, 9.17) is 16.3 Å². The predicted molar refractivity (Wildman–Crippen MR) is 152 cm³/mol. The van der Waals surface area contributed by atoms with E-state index >= 15 is 0 Å². The van der Waals surface area contributed by atoms with Gasteiger partial charge < -0.3 is 4.74 Å². The molecule has 4 heteroatoms. The number of benzene rings is 2. The van der Waals surface area contributed by atoms with Crippen molar-refractivity contribution in [3.63, 3.8) is 0 Å². The molecule has 2 aromatic rings. The number of ether oxygens (including phenoxy) is 1. The molecular formula is C30H41ClO2P+. The summed E-state index contributed by atoms with van der Waals surface area (Å²) in [6, 6.07) is 16.4. The van der Waals surface area contributed by atoms with Gasteiger partial charge in [0.15, 0.2) is 5.78 Å². The van der Waals surface area contributed by atoms with Crippen molar-refractivity contribution in [2.75, 3.05) is 12.5 Å². The molecule has 34 heavy (non-hydrogen) atoms. The minimum atomic E-state index is -0.502. The second-order valence-electron chi connectivity index (χ2n) is 9.07. The van der Waals surface area contributed by atoms with Gasteiger partial charge in [-0.2, -0.15) is 0 Å². The summed E-state index contributed by atoms with van der Waals surface area (Å²) in [4.78, 5) is 12.4. The number of halogens is 1. The number of carbonyl (C=O) groups excluding carboxylic acids is 1. The first-order valence-electron chi connectivity index (χ1n) is 12.6. The monoisotopic (exact) mass is 499 g/mol. The van der Waals surface area contributed by atoms with Crippen molar-refractivity contribution in [2.45, 2.75) is 77.3 Å². The zero-order chi connectivity index (χ0) is 24.8. The minimum Gasteiger partial charge on any atom is -0.494 e. The molecule has 0 saturated heterocycles. The molecule has 2 aromatic carbocycles. The van der Waals surface area contributed by atoms with Crippen molar-refractivity contribution in [1.29, 1.82) is 0 Å². The molecule has 2 rings (SSSR count). The maximum absolute atomic E-state index is 12.4. The van der Waals surface area contributed by atoms with Crippen LogP contribution in [0.5, 0.6) is 5.75 Å². The Labute approximate surface area is 213 Å². The molecule has 184 valence electrons. The zero-order valence-electron chi connectivity index (χ0n) is 21.0. The molecule has 0 saturated carbocycles. The van der Waals surface area contributed by atoms with Gasteiger partial charge in [-0.05, 0) is 76.1 Å². The third kappa shape index (κ3) is 10.2. The van der Waals surface area contributed by atoms with Gasteiger partial charge >= 0.3 is 0 Å². The fraction of sp³-hybridized carbons (Fsp3) is 0.467. The Kier molecular flexibility index (Phi) is 13.3. The Balaban J connectivity index is 1.73. The largest absolute Gasteiger partial charge is 0.494 e. The normalized spacial score (nSPS) is 12.3. The topological polar surface area (TPSA) is 26.3 Å². The highest BCUT2D eigenvalue weighted by Gasteiger charge is 2.24. The molecule has 0 aliphatic carbocycles. The highest BCUT2D eigenvalue weighted by atomic mass is 35.5. The van der Waals surface area contributed by atoms with Crippen LogP contribution in [0.3, 0.4) is 0 Å². The van der Waals surface area contributed by atoms with Crippen LogP contribution in [0.2, 0.25) is 0 Å². The summed E-state index contributed by atoms with van der Waals surface area (Å²) < 4.78 is 5.85. The average molecular weight is 500 g/mol. The first-order chi connectivity index (χ1) is 16.4. The third-order valence-corrected chi connectivity index (χ3v) is 8.87. The number of hydrogen-bond donors (Lipinski definition) is 0. The van der Waals surface area contributed by atoms with E-state index in [1.54, 1.807) is 0 Å². The lowest BCUT2D eigenvalue weighted by Gasteiger charge is -2.12. The van der Waals surface area contributed by atoms with Crippen LogP contribution in [-0.2, 0) is 0 Å². The van der Waals surface area contributed by atoms with E-state index in [0.717, 1.165) is 75.2 Å². The van der Waals surface area contributed by atoms with Gasteiger partial charge in [0.25, 0.3) is 0 Å². The lowest BCUT2D eigenvalue weighted by molar-refractivity contribution is 0.0979. The second kappa shape index (κ2) is 15.9. The van der Waals surface area contributed by atoms with Crippen LogP contribution in [-0.4, -0.2) is 30.2 Å². The fourth-order valence-corrected chi connectivity index (χ4v) is 6.02. The first kappa shape index (κ1) is 28.3. The molecule has 0 aliphatic heterocycles. The highest BCUT2D eigenvalue weighted by Crippen LogP contribution is 2.35. The van der Waals surface area contributed by atoms with Crippen molar-refractivity contribution < 1.29 is 9.53 Å². The number of unbranched alkanes of at least 4 members (excludes halogenated alkanes) is 3. The van der Waals surface area contributed by atoms with E-state index in [2.05, 4.69) is 44.1 Å². The Morgan fingerprint density at radius 1 is 0.971 bits per heavy atom. The lowest BCUT2D eigenvalue weighted by Crippen LogP contribution is -2.10. The third-order valence-electron chi connectivity index (χ3n) is 6.21. The summed E-state index contributed by atoms with van der Waals surface area (Å²) in [5.74, 6) is 1.89. The van der Waals surface area contributed by atoms with Crippen molar-refractivity contribution in [3.05, 3.63) is 71.8 Å². The van der Waals surface area contributed by atoms with Gasteiger partial charge in [0, 0.05) is 24.3 Å². The van der Waals surface area contributed by atoms with E-state index < -0.39 is 7.55 Å². The molecule has 0 fully saturated rings. The van der Waals surface area contributed by atoms with Crippen molar-refractivity contribution in [2.24, 2.45) is 0 Å². The zero-order valence-corrected chi connectivity index (χ0v) is 22.7. The molecule has 0 aromatic heterocycles. The summed E-state index contributed by atoms with van der Waals surface area (Å²) in [5, 5.41) is 1.31. The molecule has 0 spiro atoms. The van der Waals surface area contributed by atoms with Gasteiger partial charge in [-0.3, -0.25) is 4.79 Å². The Bertz CT molecular complexity index is 902. The van der Waals surface area contributed by atoms with E-state index in [0.29, 0.717) is 12.1 Å². The Hall–Kier alpha value is -1.89. The molecular weight excluding hydrogens is 459 g/mol. The quantitative estimate of drug-likeness (QED) is 0.0716. The smallest absolute Gasteiger partial charge is 0.162 e. The summed E-state index contributed by atoms with van der Waals surface area (Å²) in [7, 11) is -0.502. The molecule has 0 N–H and O–H groups in total. The van der Waals surface area contributed by atoms with Crippen LogP contribution in [0.25, 0.3) is 0 Å². The van der Waals surface area contributed by atoms with E-state index in [-0.39, 0.29) is 5.78 Å². The SMILES string of the molecule is C=C(CCCCC(=O)c1ccc(C)cc1)C[C@H](CC)[P+](=C)c1ccc(OCCCCCCl)cc1. The molecule has 0 bridgehead atoms. The van der Waals surface area contributed by atoms with Crippen LogP contribution in [0, 0.1) is 6.92 Å². The van der Waals surface area contributed by atoms with E-state index in [1.807, 2.05) is 31.2 Å².